The molecule has 1 saturated carbocycles. The van der Waals surface area contributed by atoms with Crippen LogP contribution in [0.2, 0.25) is 0 Å². The summed E-state index contributed by atoms with van der Waals surface area (Å²) >= 11 is 0. The normalized spacial score (nSPS) is 17.3. The van der Waals surface area contributed by atoms with E-state index < -0.39 is 17.6 Å². The fourth-order valence-electron chi connectivity index (χ4n) is 2.68. The first-order valence-corrected chi connectivity index (χ1v) is 8.70. The number of rotatable bonds is 6. The van der Waals surface area contributed by atoms with Crippen LogP contribution in [0.3, 0.4) is 0 Å². The van der Waals surface area contributed by atoms with Gasteiger partial charge in [-0.1, -0.05) is 22.7 Å². The lowest BCUT2D eigenvalue weighted by atomic mass is 9.86. The second-order valence-corrected chi connectivity index (χ2v) is 6.84. The number of aromatic nitrogens is 2. The second kappa shape index (κ2) is 7.92. The SMILES string of the molecule is Cc1cc([C@H](O)C(C)(NCc2cc(C#CC3CCC3)on2)C(=O)NO)no1. The van der Waals surface area contributed by atoms with Crippen molar-refractivity contribution in [3.8, 4) is 11.8 Å². The van der Waals surface area contributed by atoms with Gasteiger partial charge >= 0.3 is 0 Å². The van der Waals surface area contributed by atoms with Crippen molar-refractivity contribution in [1.29, 1.82) is 0 Å². The number of hydroxylamine groups is 1. The van der Waals surface area contributed by atoms with Gasteiger partial charge in [-0.05, 0) is 32.6 Å². The molecule has 144 valence electrons. The van der Waals surface area contributed by atoms with E-state index in [2.05, 4.69) is 27.5 Å². The van der Waals surface area contributed by atoms with Crippen molar-refractivity contribution in [3.63, 3.8) is 0 Å². The van der Waals surface area contributed by atoms with Crippen molar-refractivity contribution in [3.05, 3.63) is 35.0 Å². The van der Waals surface area contributed by atoms with Gasteiger partial charge in [-0.3, -0.25) is 15.3 Å². The largest absolute Gasteiger partial charge is 0.384 e. The summed E-state index contributed by atoms with van der Waals surface area (Å²) in [6.07, 6.45) is 2.07. The van der Waals surface area contributed by atoms with Crippen LogP contribution in [0.15, 0.2) is 21.2 Å². The standard InChI is InChI=1S/C18H22N4O5/c1-11-8-15(22-26-11)16(23)18(2,17(24)20-25)19-10-13-9-14(27-21-13)7-6-12-4-3-5-12/h8-9,12,16,19,23,25H,3-5,10H2,1-2H3,(H,20,24)/t16-,18?/m0/s1. The number of nitrogens with one attached hydrogen (secondary N) is 2. The molecule has 9 heteroatoms. The van der Waals surface area contributed by atoms with Crippen molar-refractivity contribution >= 4 is 5.91 Å². The van der Waals surface area contributed by atoms with E-state index in [1.54, 1.807) is 18.5 Å². The Morgan fingerprint density at radius 3 is 2.78 bits per heavy atom. The molecular formula is C18H22N4O5. The minimum atomic E-state index is -1.59. The first-order valence-electron chi connectivity index (χ1n) is 8.70. The monoisotopic (exact) mass is 374 g/mol. The molecule has 0 radical (unpaired) electrons. The third-order valence-corrected chi connectivity index (χ3v) is 4.75. The van der Waals surface area contributed by atoms with Gasteiger partial charge in [0.05, 0.1) is 5.69 Å². The number of aliphatic hydroxyl groups excluding tert-OH is 1. The minimum Gasteiger partial charge on any atom is -0.384 e. The summed E-state index contributed by atoms with van der Waals surface area (Å²) in [4.78, 5) is 12.2. The fourth-order valence-corrected chi connectivity index (χ4v) is 2.68. The van der Waals surface area contributed by atoms with Crippen LogP contribution < -0.4 is 10.8 Å². The molecule has 1 aliphatic carbocycles. The molecule has 1 unspecified atom stereocenters. The van der Waals surface area contributed by atoms with E-state index in [-0.39, 0.29) is 12.2 Å². The van der Waals surface area contributed by atoms with Gasteiger partial charge in [-0.2, -0.15) is 0 Å². The maximum Gasteiger partial charge on any atom is 0.266 e. The van der Waals surface area contributed by atoms with Crippen molar-refractivity contribution in [2.75, 3.05) is 0 Å². The van der Waals surface area contributed by atoms with Crippen molar-refractivity contribution < 1.29 is 24.2 Å². The summed E-state index contributed by atoms with van der Waals surface area (Å²) in [7, 11) is 0. The molecule has 4 N–H and O–H groups in total. The molecule has 0 aromatic carbocycles. The minimum absolute atomic E-state index is 0.104. The highest BCUT2D eigenvalue weighted by Crippen LogP contribution is 2.27. The Hall–Kier alpha value is -2.67. The van der Waals surface area contributed by atoms with E-state index in [0.29, 0.717) is 23.1 Å². The van der Waals surface area contributed by atoms with Crippen LogP contribution in [0.1, 0.15) is 55.2 Å². The van der Waals surface area contributed by atoms with Gasteiger partial charge in [0.25, 0.3) is 5.91 Å². The molecule has 0 bridgehead atoms. The maximum atomic E-state index is 12.2. The average molecular weight is 374 g/mol. The fraction of sp³-hybridized carbons (Fsp3) is 0.500. The Kier molecular flexibility index (Phi) is 5.60. The van der Waals surface area contributed by atoms with Gasteiger partial charge in [0.1, 0.15) is 23.1 Å². The van der Waals surface area contributed by atoms with Crippen LogP contribution in [-0.4, -0.2) is 32.1 Å². The second-order valence-electron chi connectivity index (χ2n) is 6.84. The summed E-state index contributed by atoms with van der Waals surface area (Å²) < 4.78 is 10.1. The van der Waals surface area contributed by atoms with Gasteiger partial charge in [0.2, 0.25) is 5.76 Å². The predicted octanol–water partition coefficient (Wildman–Crippen LogP) is 1.21. The molecule has 1 fully saturated rings. The topological polar surface area (TPSA) is 134 Å². The summed E-state index contributed by atoms with van der Waals surface area (Å²) in [6.45, 7) is 3.21. The average Bonchev–Trinajstić information content (AvgIpc) is 3.26. The Balaban J connectivity index is 1.70. The Labute approximate surface area is 156 Å². The Bertz CT molecular complexity index is 860. The molecule has 2 aromatic heterocycles. The zero-order chi connectivity index (χ0) is 19.4. The van der Waals surface area contributed by atoms with E-state index in [9.17, 15) is 9.90 Å². The van der Waals surface area contributed by atoms with E-state index in [1.165, 1.54) is 19.4 Å². The molecule has 0 saturated heterocycles. The molecular weight excluding hydrogens is 352 g/mol. The third-order valence-electron chi connectivity index (χ3n) is 4.75. The van der Waals surface area contributed by atoms with E-state index >= 15 is 0 Å². The maximum absolute atomic E-state index is 12.2. The zero-order valence-electron chi connectivity index (χ0n) is 15.2. The number of carbonyl (C=O) groups is 1. The summed E-state index contributed by atoms with van der Waals surface area (Å²) in [5.74, 6) is 6.61. The number of amides is 1. The van der Waals surface area contributed by atoms with Gasteiger partial charge in [0, 0.05) is 24.6 Å². The van der Waals surface area contributed by atoms with E-state index in [0.717, 1.165) is 12.8 Å². The van der Waals surface area contributed by atoms with Crippen LogP contribution in [-0.2, 0) is 11.3 Å². The first-order chi connectivity index (χ1) is 12.9. The van der Waals surface area contributed by atoms with Crippen LogP contribution in [0, 0.1) is 24.7 Å². The van der Waals surface area contributed by atoms with Crippen LogP contribution in [0.25, 0.3) is 0 Å². The highest BCUT2D eigenvalue weighted by Gasteiger charge is 2.43. The third kappa shape index (κ3) is 4.19. The molecule has 2 atom stereocenters. The van der Waals surface area contributed by atoms with Gasteiger partial charge in [-0.25, -0.2) is 5.48 Å². The van der Waals surface area contributed by atoms with Crippen molar-refractivity contribution in [2.24, 2.45) is 5.92 Å². The van der Waals surface area contributed by atoms with Gasteiger partial charge < -0.3 is 14.2 Å². The lowest BCUT2D eigenvalue weighted by Gasteiger charge is -2.31. The van der Waals surface area contributed by atoms with Crippen LogP contribution in [0.4, 0.5) is 0 Å². The lowest BCUT2D eigenvalue weighted by Crippen LogP contribution is -2.57. The number of carbonyl (C=O) groups excluding carboxylic acids is 1. The summed E-state index contributed by atoms with van der Waals surface area (Å²) in [6, 6.07) is 3.18. The van der Waals surface area contributed by atoms with E-state index in [1.807, 2.05) is 0 Å². The molecule has 0 aliphatic heterocycles. The molecule has 9 nitrogen and oxygen atoms in total. The van der Waals surface area contributed by atoms with Crippen molar-refractivity contribution in [2.45, 2.75) is 51.3 Å². The number of nitrogens with zero attached hydrogens (tertiary/aromatic N) is 2. The first kappa shape index (κ1) is 19.1. The number of aryl methyl sites for hydroxylation is 1. The molecule has 3 rings (SSSR count). The van der Waals surface area contributed by atoms with Crippen LogP contribution >= 0.6 is 0 Å². The predicted molar refractivity (Wildman–Crippen MR) is 92.1 cm³/mol. The molecule has 27 heavy (non-hydrogen) atoms. The highest BCUT2D eigenvalue weighted by atomic mass is 16.5. The number of hydrogen-bond acceptors (Lipinski definition) is 8. The van der Waals surface area contributed by atoms with Gasteiger partial charge in [-0.15, -0.1) is 0 Å². The van der Waals surface area contributed by atoms with E-state index in [4.69, 9.17) is 14.3 Å². The van der Waals surface area contributed by atoms with Crippen LogP contribution in [0.5, 0.6) is 0 Å². The smallest absolute Gasteiger partial charge is 0.266 e. The number of aliphatic hydroxyl groups is 1. The zero-order valence-corrected chi connectivity index (χ0v) is 15.2. The summed E-state index contributed by atoms with van der Waals surface area (Å²) in [5, 5.41) is 30.2. The van der Waals surface area contributed by atoms with Gasteiger partial charge in [0.15, 0.2) is 0 Å². The molecule has 1 aliphatic rings. The molecule has 0 spiro atoms. The summed E-state index contributed by atoms with van der Waals surface area (Å²) in [5.41, 5.74) is 0.649. The van der Waals surface area contributed by atoms with Crippen molar-refractivity contribution in [1.82, 2.24) is 21.1 Å². The number of hydrogen-bond donors (Lipinski definition) is 4. The molecule has 2 aromatic rings. The highest BCUT2D eigenvalue weighted by molar-refractivity contribution is 5.85. The Morgan fingerprint density at radius 2 is 2.19 bits per heavy atom. The lowest BCUT2D eigenvalue weighted by molar-refractivity contribution is -0.141. The molecule has 1 amide bonds. The molecule has 2 heterocycles. The Morgan fingerprint density at radius 1 is 1.41 bits per heavy atom. The quantitative estimate of drug-likeness (QED) is 0.337.